The summed E-state index contributed by atoms with van der Waals surface area (Å²) in [5, 5.41) is 2.21. The summed E-state index contributed by atoms with van der Waals surface area (Å²) in [5.41, 5.74) is 1.70. The molecule has 3 aromatic carbocycles. The lowest BCUT2D eigenvalue weighted by molar-refractivity contribution is -0.122. The van der Waals surface area contributed by atoms with Gasteiger partial charge in [0.15, 0.2) is 11.5 Å². The molecule has 1 N–H and O–H groups in total. The SMILES string of the molecule is COc1cc(/C=C2/C(=O)NC(=O)N(c3ccc(Br)cc3)C2=O)ccc1OCc1ccc(Br)cc1. The number of nitrogens with one attached hydrogen (secondary N) is 1. The normalized spacial score (nSPS) is 14.9. The largest absolute Gasteiger partial charge is 0.493 e. The number of carbonyl (C=O) groups excluding carboxylic acids is 3. The highest BCUT2D eigenvalue weighted by atomic mass is 79.9. The van der Waals surface area contributed by atoms with Gasteiger partial charge >= 0.3 is 6.03 Å². The van der Waals surface area contributed by atoms with Crippen LogP contribution in [0.3, 0.4) is 0 Å². The Labute approximate surface area is 212 Å². The first-order chi connectivity index (χ1) is 16.4. The highest BCUT2D eigenvalue weighted by Crippen LogP contribution is 2.31. The van der Waals surface area contributed by atoms with E-state index in [1.807, 2.05) is 24.3 Å². The summed E-state index contributed by atoms with van der Waals surface area (Å²) in [6, 6.07) is 18.6. The van der Waals surface area contributed by atoms with Gasteiger partial charge in [0.1, 0.15) is 12.2 Å². The van der Waals surface area contributed by atoms with Gasteiger partial charge in [0.25, 0.3) is 11.8 Å². The molecule has 0 atom stereocenters. The van der Waals surface area contributed by atoms with Crippen LogP contribution in [-0.4, -0.2) is 25.0 Å². The molecule has 0 spiro atoms. The van der Waals surface area contributed by atoms with Gasteiger partial charge in [0.2, 0.25) is 0 Å². The molecule has 34 heavy (non-hydrogen) atoms. The number of hydrogen-bond donors (Lipinski definition) is 1. The van der Waals surface area contributed by atoms with Crippen molar-refractivity contribution in [3.63, 3.8) is 0 Å². The van der Waals surface area contributed by atoms with Gasteiger partial charge in [-0.1, -0.05) is 50.1 Å². The first-order valence-corrected chi connectivity index (χ1v) is 11.7. The number of ether oxygens (including phenoxy) is 2. The predicted octanol–water partition coefficient (Wildman–Crippen LogP) is 5.47. The maximum atomic E-state index is 13.0. The molecule has 0 bridgehead atoms. The van der Waals surface area contributed by atoms with E-state index in [0.717, 1.165) is 19.4 Å². The van der Waals surface area contributed by atoms with E-state index in [9.17, 15) is 14.4 Å². The summed E-state index contributed by atoms with van der Waals surface area (Å²) in [5.74, 6) is -0.530. The van der Waals surface area contributed by atoms with Crippen molar-refractivity contribution in [2.75, 3.05) is 12.0 Å². The van der Waals surface area contributed by atoms with Gasteiger partial charge in [0, 0.05) is 8.95 Å². The van der Waals surface area contributed by atoms with Crippen LogP contribution in [0.4, 0.5) is 10.5 Å². The quantitative estimate of drug-likeness (QED) is 0.306. The van der Waals surface area contributed by atoms with Crippen LogP contribution in [0.15, 0.2) is 81.2 Å². The highest BCUT2D eigenvalue weighted by molar-refractivity contribution is 9.10. The third kappa shape index (κ3) is 5.21. The number of methoxy groups -OCH3 is 1. The molecule has 1 saturated heterocycles. The zero-order valence-corrected chi connectivity index (χ0v) is 21.1. The molecule has 0 aromatic heterocycles. The first-order valence-electron chi connectivity index (χ1n) is 10.1. The predicted molar refractivity (Wildman–Crippen MR) is 135 cm³/mol. The summed E-state index contributed by atoms with van der Waals surface area (Å²) in [7, 11) is 1.51. The number of barbiturate groups is 1. The summed E-state index contributed by atoms with van der Waals surface area (Å²) < 4.78 is 13.1. The molecule has 0 radical (unpaired) electrons. The molecule has 0 unspecified atom stereocenters. The van der Waals surface area contributed by atoms with Crippen molar-refractivity contribution >= 4 is 61.5 Å². The van der Waals surface area contributed by atoms with Crippen LogP contribution in [-0.2, 0) is 16.2 Å². The van der Waals surface area contributed by atoms with Crippen LogP contribution in [0.2, 0.25) is 0 Å². The van der Waals surface area contributed by atoms with E-state index in [0.29, 0.717) is 29.4 Å². The lowest BCUT2D eigenvalue weighted by Gasteiger charge is -2.26. The Morgan fingerprint density at radius 1 is 0.882 bits per heavy atom. The lowest BCUT2D eigenvalue weighted by atomic mass is 10.1. The molecule has 1 aliphatic rings. The number of anilines is 1. The Morgan fingerprint density at radius 2 is 1.53 bits per heavy atom. The molecule has 7 nitrogen and oxygen atoms in total. The Morgan fingerprint density at radius 3 is 2.18 bits per heavy atom. The third-order valence-electron chi connectivity index (χ3n) is 4.99. The maximum Gasteiger partial charge on any atom is 0.335 e. The highest BCUT2D eigenvalue weighted by Gasteiger charge is 2.36. The monoisotopic (exact) mass is 584 g/mol. The fourth-order valence-electron chi connectivity index (χ4n) is 3.28. The van der Waals surface area contributed by atoms with Crippen molar-refractivity contribution in [1.29, 1.82) is 0 Å². The first kappa shape index (κ1) is 23.7. The minimum atomic E-state index is -0.802. The minimum Gasteiger partial charge on any atom is -0.493 e. The molecule has 3 aromatic rings. The van der Waals surface area contributed by atoms with E-state index >= 15 is 0 Å². The fourth-order valence-corrected chi connectivity index (χ4v) is 3.81. The van der Waals surface area contributed by atoms with E-state index in [1.165, 1.54) is 13.2 Å². The smallest absolute Gasteiger partial charge is 0.335 e. The van der Waals surface area contributed by atoms with E-state index < -0.39 is 17.8 Å². The van der Waals surface area contributed by atoms with Gasteiger partial charge in [0.05, 0.1) is 12.8 Å². The summed E-state index contributed by atoms with van der Waals surface area (Å²) in [6.45, 7) is 0.342. The van der Waals surface area contributed by atoms with Gasteiger partial charge in [-0.25, -0.2) is 9.69 Å². The number of carbonyl (C=O) groups is 3. The van der Waals surface area contributed by atoms with E-state index in [1.54, 1.807) is 42.5 Å². The van der Waals surface area contributed by atoms with Gasteiger partial charge < -0.3 is 9.47 Å². The molecule has 0 aliphatic carbocycles. The summed E-state index contributed by atoms with van der Waals surface area (Å²) >= 11 is 6.72. The second kappa shape index (κ2) is 10.2. The zero-order chi connectivity index (χ0) is 24.2. The number of urea groups is 1. The Balaban J connectivity index is 1.58. The van der Waals surface area contributed by atoms with Gasteiger partial charge in [-0.3, -0.25) is 14.9 Å². The van der Waals surface area contributed by atoms with Crippen LogP contribution in [0.5, 0.6) is 11.5 Å². The molecule has 1 aliphatic heterocycles. The molecule has 4 amide bonds. The van der Waals surface area contributed by atoms with E-state index in [4.69, 9.17) is 9.47 Å². The van der Waals surface area contributed by atoms with Crippen molar-refractivity contribution in [1.82, 2.24) is 5.32 Å². The Bertz CT molecular complexity index is 1290. The molecule has 172 valence electrons. The Hall–Kier alpha value is -3.43. The molecule has 9 heteroatoms. The van der Waals surface area contributed by atoms with E-state index in [2.05, 4.69) is 37.2 Å². The number of halogens is 2. The number of hydrogen-bond acceptors (Lipinski definition) is 5. The average molecular weight is 586 g/mol. The summed E-state index contributed by atoms with van der Waals surface area (Å²) in [4.78, 5) is 38.8. The van der Waals surface area contributed by atoms with Gasteiger partial charge in [-0.2, -0.15) is 0 Å². The van der Waals surface area contributed by atoms with Crippen LogP contribution in [0, 0.1) is 0 Å². The number of nitrogens with zero attached hydrogens (tertiary/aromatic N) is 1. The average Bonchev–Trinajstić information content (AvgIpc) is 2.83. The van der Waals surface area contributed by atoms with Crippen LogP contribution in [0.1, 0.15) is 11.1 Å². The van der Waals surface area contributed by atoms with Gasteiger partial charge in [-0.05, 0) is 65.7 Å². The van der Waals surface area contributed by atoms with E-state index in [-0.39, 0.29) is 5.57 Å². The molecular weight excluding hydrogens is 568 g/mol. The van der Waals surface area contributed by atoms with Crippen LogP contribution in [0.25, 0.3) is 6.08 Å². The topological polar surface area (TPSA) is 84.9 Å². The van der Waals surface area contributed by atoms with Crippen molar-refractivity contribution in [3.8, 4) is 11.5 Å². The Kier molecular flexibility index (Phi) is 7.14. The van der Waals surface area contributed by atoms with Crippen LogP contribution >= 0.6 is 31.9 Å². The molecule has 0 saturated carbocycles. The second-order valence-corrected chi connectivity index (χ2v) is 9.09. The van der Waals surface area contributed by atoms with Crippen molar-refractivity contribution in [2.45, 2.75) is 6.61 Å². The zero-order valence-electron chi connectivity index (χ0n) is 17.9. The maximum absolute atomic E-state index is 13.0. The third-order valence-corrected chi connectivity index (χ3v) is 6.05. The number of rotatable bonds is 6. The van der Waals surface area contributed by atoms with Crippen molar-refractivity contribution < 1.29 is 23.9 Å². The molecule has 1 fully saturated rings. The lowest BCUT2D eigenvalue weighted by Crippen LogP contribution is -2.54. The van der Waals surface area contributed by atoms with Gasteiger partial charge in [-0.15, -0.1) is 0 Å². The number of benzene rings is 3. The molecule has 4 rings (SSSR count). The second-order valence-electron chi connectivity index (χ2n) is 7.26. The minimum absolute atomic E-state index is 0.173. The molecular formula is C25H18Br2N2O5. The van der Waals surface area contributed by atoms with Crippen molar-refractivity contribution in [3.05, 3.63) is 92.4 Å². The fraction of sp³-hybridized carbons (Fsp3) is 0.0800. The standard InChI is InChI=1S/C25H18Br2N2O5/c1-33-22-13-16(4-11-21(22)34-14-15-2-5-17(26)6-3-15)12-20-23(30)28-25(32)29(24(20)31)19-9-7-18(27)8-10-19/h2-13H,14H2,1H3,(H,28,30,32)/b20-12-. The van der Waals surface area contributed by atoms with Crippen molar-refractivity contribution in [2.24, 2.45) is 0 Å². The van der Waals surface area contributed by atoms with Crippen LogP contribution < -0.4 is 19.7 Å². The number of imide groups is 2. The number of amides is 4. The summed E-state index contributed by atoms with van der Waals surface area (Å²) in [6.07, 6.45) is 1.41. The molecule has 1 heterocycles.